The van der Waals surface area contributed by atoms with Crippen LogP contribution in [0, 0.1) is 0 Å². The van der Waals surface area contributed by atoms with E-state index in [9.17, 15) is 8.42 Å². The quantitative estimate of drug-likeness (QED) is 0.588. The van der Waals surface area contributed by atoms with Crippen molar-refractivity contribution in [2.75, 3.05) is 26.7 Å². The van der Waals surface area contributed by atoms with Crippen molar-refractivity contribution >= 4 is 10.2 Å². The summed E-state index contributed by atoms with van der Waals surface area (Å²) in [6.45, 7) is 2.02. The second kappa shape index (κ2) is 7.47. The van der Waals surface area contributed by atoms with E-state index in [0.29, 0.717) is 39.0 Å². The van der Waals surface area contributed by atoms with Crippen molar-refractivity contribution in [3.63, 3.8) is 0 Å². The van der Waals surface area contributed by atoms with Gasteiger partial charge >= 0.3 is 0 Å². The van der Waals surface area contributed by atoms with E-state index in [-0.39, 0.29) is 0 Å². The number of hydrogen-bond donors (Lipinski definition) is 2. The van der Waals surface area contributed by atoms with Gasteiger partial charge in [0.15, 0.2) is 0 Å². The molecule has 0 spiro atoms. The SMILES string of the molecule is CN(CCCN)S(=O)(=O)NCCCn1cccn1. The molecule has 1 rings (SSSR count). The Morgan fingerprint density at radius 1 is 1.44 bits per heavy atom. The summed E-state index contributed by atoms with van der Waals surface area (Å²) in [6, 6.07) is 1.84. The van der Waals surface area contributed by atoms with Crippen LogP contribution in [0.15, 0.2) is 18.5 Å². The van der Waals surface area contributed by atoms with Crippen LogP contribution in [0.2, 0.25) is 0 Å². The van der Waals surface area contributed by atoms with Crippen molar-refractivity contribution in [3.8, 4) is 0 Å². The lowest BCUT2D eigenvalue weighted by Crippen LogP contribution is -2.39. The van der Waals surface area contributed by atoms with Gasteiger partial charge in [-0.05, 0) is 25.5 Å². The monoisotopic (exact) mass is 275 g/mol. The molecule has 0 fully saturated rings. The normalized spacial score (nSPS) is 12.2. The smallest absolute Gasteiger partial charge is 0.279 e. The third kappa shape index (κ3) is 5.13. The fourth-order valence-corrected chi connectivity index (χ4v) is 2.41. The summed E-state index contributed by atoms with van der Waals surface area (Å²) in [7, 11) is -1.83. The van der Waals surface area contributed by atoms with Gasteiger partial charge in [0.05, 0.1) is 0 Å². The van der Waals surface area contributed by atoms with E-state index < -0.39 is 10.2 Å². The summed E-state index contributed by atoms with van der Waals surface area (Å²) in [4.78, 5) is 0. The van der Waals surface area contributed by atoms with Gasteiger partial charge in [-0.15, -0.1) is 0 Å². The van der Waals surface area contributed by atoms with Crippen molar-refractivity contribution in [1.29, 1.82) is 0 Å². The zero-order valence-corrected chi connectivity index (χ0v) is 11.4. The van der Waals surface area contributed by atoms with E-state index in [1.165, 1.54) is 4.31 Å². The minimum Gasteiger partial charge on any atom is -0.330 e. The van der Waals surface area contributed by atoms with Crippen LogP contribution in [-0.4, -0.2) is 49.2 Å². The number of aromatic nitrogens is 2. The van der Waals surface area contributed by atoms with Crippen LogP contribution < -0.4 is 10.5 Å². The molecule has 0 radical (unpaired) electrons. The zero-order chi connectivity index (χ0) is 13.4. The summed E-state index contributed by atoms with van der Waals surface area (Å²) in [6.07, 6.45) is 4.91. The van der Waals surface area contributed by atoms with Crippen molar-refractivity contribution in [1.82, 2.24) is 18.8 Å². The van der Waals surface area contributed by atoms with E-state index in [1.807, 2.05) is 12.3 Å². The number of nitrogens with one attached hydrogen (secondary N) is 1. The summed E-state index contributed by atoms with van der Waals surface area (Å²) in [5.41, 5.74) is 5.34. The van der Waals surface area contributed by atoms with Gasteiger partial charge in [0, 0.05) is 39.1 Å². The Morgan fingerprint density at radius 3 is 2.83 bits per heavy atom. The highest BCUT2D eigenvalue weighted by Crippen LogP contribution is 1.96. The van der Waals surface area contributed by atoms with Crippen molar-refractivity contribution in [2.45, 2.75) is 19.4 Å². The molecule has 0 atom stereocenters. The molecule has 7 nitrogen and oxygen atoms in total. The molecule has 0 bridgehead atoms. The molecule has 0 aliphatic heterocycles. The highest BCUT2D eigenvalue weighted by atomic mass is 32.2. The van der Waals surface area contributed by atoms with E-state index in [2.05, 4.69) is 9.82 Å². The number of aryl methyl sites for hydroxylation is 1. The van der Waals surface area contributed by atoms with Crippen LogP contribution in [-0.2, 0) is 16.8 Å². The number of nitrogens with two attached hydrogens (primary N) is 1. The first kappa shape index (κ1) is 15.1. The maximum absolute atomic E-state index is 11.7. The summed E-state index contributed by atoms with van der Waals surface area (Å²) >= 11 is 0. The van der Waals surface area contributed by atoms with E-state index in [0.717, 1.165) is 0 Å². The Kier molecular flexibility index (Phi) is 6.27. The van der Waals surface area contributed by atoms with Crippen molar-refractivity contribution in [2.24, 2.45) is 5.73 Å². The van der Waals surface area contributed by atoms with Crippen LogP contribution in [0.25, 0.3) is 0 Å². The maximum atomic E-state index is 11.7. The van der Waals surface area contributed by atoms with Gasteiger partial charge in [-0.3, -0.25) is 4.68 Å². The Balaban J connectivity index is 2.24. The molecule has 0 saturated heterocycles. The van der Waals surface area contributed by atoms with Crippen molar-refractivity contribution < 1.29 is 8.42 Å². The topological polar surface area (TPSA) is 93.2 Å². The largest absolute Gasteiger partial charge is 0.330 e. The molecule has 1 aromatic rings. The molecular weight excluding hydrogens is 254 g/mol. The highest BCUT2D eigenvalue weighted by Gasteiger charge is 2.15. The Labute approximate surface area is 108 Å². The predicted molar refractivity (Wildman–Crippen MR) is 70.1 cm³/mol. The Bertz CT molecular complexity index is 417. The van der Waals surface area contributed by atoms with E-state index in [4.69, 9.17) is 5.73 Å². The fraction of sp³-hybridized carbons (Fsp3) is 0.700. The molecule has 0 aromatic carbocycles. The summed E-state index contributed by atoms with van der Waals surface area (Å²) < 4.78 is 29.1. The minimum absolute atomic E-state index is 0.398. The number of hydrogen-bond acceptors (Lipinski definition) is 4. The molecule has 0 unspecified atom stereocenters. The molecule has 1 aromatic heterocycles. The van der Waals surface area contributed by atoms with Crippen LogP contribution in [0.1, 0.15) is 12.8 Å². The van der Waals surface area contributed by atoms with Gasteiger partial charge in [-0.1, -0.05) is 0 Å². The summed E-state index contributed by atoms with van der Waals surface area (Å²) in [5, 5.41) is 4.04. The molecule has 0 amide bonds. The molecule has 0 saturated carbocycles. The molecule has 1 heterocycles. The molecular formula is C10H21N5O2S. The van der Waals surface area contributed by atoms with Crippen LogP contribution in [0.4, 0.5) is 0 Å². The predicted octanol–water partition coefficient (Wildman–Crippen LogP) is -0.612. The number of rotatable bonds is 9. The number of nitrogens with zero attached hydrogens (tertiary/aromatic N) is 3. The molecule has 18 heavy (non-hydrogen) atoms. The first-order valence-corrected chi connectivity index (χ1v) is 7.38. The summed E-state index contributed by atoms with van der Waals surface area (Å²) in [5.74, 6) is 0. The first-order valence-electron chi connectivity index (χ1n) is 5.94. The standard InChI is InChI=1S/C10H21N5O2S/c1-14(8-2-5-11)18(16,17)13-7-4-10-15-9-3-6-12-15/h3,6,9,13H,2,4-5,7-8,10-11H2,1H3. The van der Waals surface area contributed by atoms with Crippen molar-refractivity contribution in [3.05, 3.63) is 18.5 Å². The van der Waals surface area contributed by atoms with Gasteiger partial charge in [0.2, 0.25) is 0 Å². The molecule has 0 aliphatic carbocycles. The maximum Gasteiger partial charge on any atom is 0.279 e. The third-order valence-electron chi connectivity index (χ3n) is 2.50. The van der Waals surface area contributed by atoms with Gasteiger partial charge in [-0.25, -0.2) is 4.72 Å². The van der Waals surface area contributed by atoms with Crippen LogP contribution in [0.5, 0.6) is 0 Å². The lowest BCUT2D eigenvalue weighted by molar-refractivity contribution is 0.450. The lowest BCUT2D eigenvalue weighted by Gasteiger charge is -2.17. The minimum atomic E-state index is -3.38. The van der Waals surface area contributed by atoms with E-state index >= 15 is 0 Å². The lowest BCUT2D eigenvalue weighted by atomic mass is 10.4. The average Bonchev–Trinajstić information content (AvgIpc) is 2.84. The van der Waals surface area contributed by atoms with Crippen LogP contribution >= 0.6 is 0 Å². The van der Waals surface area contributed by atoms with Gasteiger partial charge in [-0.2, -0.15) is 17.8 Å². The average molecular weight is 275 g/mol. The third-order valence-corrected chi connectivity index (χ3v) is 4.07. The molecule has 104 valence electrons. The van der Waals surface area contributed by atoms with Gasteiger partial charge < -0.3 is 5.73 Å². The second-order valence-electron chi connectivity index (χ2n) is 3.99. The van der Waals surface area contributed by atoms with Gasteiger partial charge in [0.25, 0.3) is 10.2 Å². The fourth-order valence-electron chi connectivity index (χ4n) is 1.42. The molecule has 0 aliphatic rings. The molecule has 8 heteroatoms. The van der Waals surface area contributed by atoms with Gasteiger partial charge in [0.1, 0.15) is 0 Å². The van der Waals surface area contributed by atoms with Crippen LogP contribution in [0.3, 0.4) is 0 Å². The Hall–Kier alpha value is -0.960. The second-order valence-corrected chi connectivity index (χ2v) is 5.85. The first-order chi connectivity index (χ1) is 8.56. The zero-order valence-electron chi connectivity index (χ0n) is 10.6. The highest BCUT2D eigenvalue weighted by molar-refractivity contribution is 7.87. The van der Waals surface area contributed by atoms with E-state index in [1.54, 1.807) is 17.9 Å². The molecule has 3 N–H and O–H groups in total. The Morgan fingerprint density at radius 2 is 2.22 bits per heavy atom.